The van der Waals surface area contributed by atoms with E-state index in [9.17, 15) is 8.42 Å². The lowest BCUT2D eigenvalue weighted by Crippen LogP contribution is -2.49. The number of nitrogens with zero attached hydrogens (tertiary/aromatic N) is 5. The lowest BCUT2D eigenvalue weighted by Gasteiger charge is -2.34. The molecule has 1 aliphatic heterocycles. The molecule has 0 amide bonds. The molecule has 1 unspecified atom stereocenters. The number of hydrogen-bond donors (Lipinski definition) is 1. The molecule has 1 fully saturated rings. The summed E-state index contributed by atoms with van der Waals surface area (Å²) in [6, 6.07) is -0.334. The van der Waals surface area contributed by atoms with Gasteiger partial charge in [-0.05, 0) is 5.92 Å². The molecule has 0 saturated carbocycles. The van der Waals surface area contributed by atoms with Crippen molar-refractivity contribution in [2.24, 2.45) is 13.0 Å². The van der Waals surface area contributed by atoms with Crippen molar-refractivity contribution in [2.75, 3.05) is 19.6 Å². The number of imidazole rings is 2. The first-order chi connectivity index (χ1) is 11.4. The topological polar surface area (TPSA) is 85.1 Å². The lowest BCUT2D eigenvalue weighted by atomic mass is 10.2. The predicted molar refractivity (Wildman–Crippen MR) is 89.8 cm³/mol. The van der Waals surface area contributed by atoms with E-state index in [1.54, 1.807) is 18.7 Å². The molecule has 8 nitrogen and oxygen atoms in total. The molecule has 3 rings (SSSR count). The van der Waals surface area contributed by atoms with E-state index in [1.807, 2.05) is 22.4 Å². The third-order valence-electron chi connectivity index (χ3n) is 4.11. The monoisotopic (exact) mass is 352 g/mol. The Hall–Kier alpha value is -1.71. The second-order valence-electron chi connectivity index (χ2n) is 6.53. The van der Waals surface area contributed by atoms with Crippen LogP contribution in [0.4, 0.5) is 0 Å². The fourth-order valence-electron chi connectivity index (χ4n) is 3.01. The van der Waals surface area contributed by atoms with Crippen LogP contribution in [-0.2, 0) is 23.6 Å². The van der Waals surface area contributed by atoms with E-state index < -0.39 is 10.0 Å². The summed E-state index contributed by atoms with van der Waals surface area (Å²) in [6.45, 7) is 6.47. The van der Waals surface area contributed by atoms with Gasteiger partial charge in [0.25, 0.3) is 10.0 Å². The number of nitrogens with one attached hydrogen (secondary N) is 1. The Morgan fingerprint density at radius 3 is 2.83 bits per heavy atom. The molecule has 0 aromatic carbocycles. The molecule has 0 bridgehead atoms. The number of sulfonamides is 1. The molecule has 1 saturated heterocycles. The average Bonchev–Trinajstić information content (AvgIpc) is 3.16. The largest absolute Gasteiger partial charge is 0.337 e. The van der Waals surface area contributed by atoms with Gasteiger partial charge >= 0.3 is 0 Å². The predicted octanol–water partition coefficient (Wildman–Crippen LogP) is 0.608. The molecule has 9 heteroatoms. The zero-order valence-electron chi connectivity index (χ0n) is 14.3. The van der Waals surface area contributed by atoms with Crippen LogP contribution >= 0.6 is 0 Å². The fraction of sp³-hybridized carbons (Fsp3) is 0.600. The van der Waals surface area contributed by atoms with Gasteiger partial charge in [0.05, 0.1) is 12.4 Å². The van der Waals surface area contributed by atoms with Gasteiger partial charge in [-0.25, -0.2) is 18.4 Å². The molecule has 1 aliphatic rings. The summed E-state index contributed by atoms with van der Waals surface area (Å²) in [4.78, 5) is 8.47. The summed E-state index contributed by atoms with van der Waals surface area (Å²) >= 11 is 0. The van der Waals surface area contributed by atoms with Crippen LogP contribution in [0.3, 0.4) is 0 Å². The Morgan fingerprint density at radius 1 is 1.38 bits per heavy atom. The highest BCUT2D eigenvalue weighted by Crippen LogP contribution is 2.27. The Bertz CT molecular complexity index is 795. The van der Waals surface area contributed by atoms with Crippen molar-refractivity contribution in [2.45, 2.75) is 31.5 Å². The molecule has 2 aromatic heterocycles. The van der Waals surface area contributed by atoms with Gasteiger partial charge in [-0.1, -0.05) is 13.8 Å². The van der Waals surface area contributed by atoms with Gasteiger partial charge in [-0.3, -0.25) is 0 Å². The van der Waals surface area contributed by atoms with Gasteiger partial charge in [-0.2, -0.15) is 4.31 Å². The van der Waals surface area contributed by atoms with E-state index in [1.165, 1.54) is 4.31 Å². The van der Waals surface area contributed by atoms with Crippen molar-refractivity contribution in [1.29, 1.82) is 0 Å². The summed E-state index contributed by atoms with van der Waals surface area (Å²) in [5.41, 5.74) is 0. The Labute approximate surface area is 142 Å². The van der Waals surface area contributed by atoms with E-state index in [2.05, 4.69) is 29.1 Å². The summed E-state index contributed by atoms with van der Waals surface area (Å²) in [5.74, 6) is 1.15. The van der Waals surface area contributed by atoms with Crippen LogP contribution < -0.4 is 5.32 Å². The second-order valence-corrected chi connectivity index (χ2v) is 8.37. The number of hydrogen-bond acceptors (Lipinski definition) is 5. The van der Waals surface area contributed by atoms with Crippen LogP contribution in [-0.4, -0.2) is 51.5 Å². The minimum atomic E-state index is -3.66. The highest BCUT2D eigenvalue weighted by atomic mass is 32.2. The third-order valence-corrected chi connectivity index (χ3v) is 5.90. The molecule has 1 N–H and O–H groups in total. The Kier molecular flexibility index (Phi) is 4.75. The summed E-state index contributed by atoms with van der Waals surface area (Å²) < 4.78 is 31.4. The van der Waals surface area contributed by atoms with E-state index in [0.717, 1.165) is 12.4 Å². The first-order valence-corrected chi connectivity index (χ1v) is 9.55. The molecule has 3 heterocycles. The smallest absolute Gasteiger partial charge is 0.262 e. The average molecular weight is 352 g/mol. The number of rotatable bonds is 5. The number of aromatic nitrogens is 4. The van der Waals surface area contributed by atoms with E-state index in [0.29, 0.717) is 25.6 Å². The Balaban J connectivity index is 1.92. The van der Waals surface area contributed by atoms with Gasteiger partial charge in [-0.15, -0.1) is 0 Å². The molecule has 0 aliphatic carbocycles. The highest BCUT2D eigenvalue weighted by Gasteiger charge is 2.37. The van der Waals surface area contributed by atoms with Gasteiger partial charge in [0.1, 0.15) is 5.82 Å². The first kappa shape index (κ1) is 17.1. The van der Waals surface area contributed by atoms with Gasteiger partial charge in [0, 0.05) is 51.8 Å². The maximum atomic E-state index is 13.1. The molecule has 24 heavy (non-hydrogen) atoms. The van der Waals surface area contributed by atoms with Crippen LogP contribution in [0.2, 0.25) is 0 Å². The van der Waals surface area contributed by atoms with E-state index >= 15 is 0 Å². The quantitative estimate of drug-likeness (QED) is 0.852. The molecule has 1 atom stereocenters. The fourth-order valence-corrected chi connectivity index (χ4v) is 4.53. The standard InChI is InChI=1S/C15H24N6O2S/c1-12(2)9-20-10-14(18-11-20)24(22,23)21-7-4-16-8-13(21)15-17-5-6-19(15)3/h5-6,10-13,16H,4,7-9H2,1-3H3. The van der Waals surface area contributed by atoms with E-state index in [4.69, 9.17) is 0 Å². The van der Waals surface area contributed by atoms with Crippen LogP contribution in [0.25, 0.3) is 0 Å². The van der Waals surface area contributed by atoms with Crippen molar-refractivity contribution < 1.29 is 8.42 Å². The maximum absolute atomic E-state index is 13.1. The van der Waals surface area contributed by atoms with Gasteiger partial charge < -0.3 is 14.5 Å². The zero-order valence-corrected chi connectivity index (χ0v) is 15.1. The Morgan fingerprint density at radius 2 is 2.17 bits per heavy atom. The third kappa shape index (κ3) is 3.24. The van der Waals surface area contributed by atoms with Crippen LogP contribution in [0, 0.1) is 5.92 Å². The molecule has 0 spiro atoms. The minimum Gasteiger partial charge on any atom is -0.337 e. The summed E-state index contributed by atoms with van der Waals surface area (Å²) in [7, 11) is -1.79. The van der Waals surface area contributed by atoms with Crippen molar-refractivity contribution >= 4 is 10.0 Å². The van der Waals surface area contributed by atoms with Gasteiger partial charge in [0.15, 0.2) is 5.03 Å². The van der Waals surface area contributed by atoms with Crippen molar-refractivity contribution in [1.82, 2.24) is 28.7 Å². The SMILES string of the molecule is CC(C)Cn1cnc(S(=O)(=O)N2CCNCC2c2nccn2C)c1. The maximum Gasteiger partial charge on any atom is 0.262 e. The van der Waals surface area contributed by atoms with Crippen LogP contribution in [0.5, 0.6) is 0 Å². The normalized spacial score (nSPS) is 19.9. The van der Waals surface area contributed by atoms with Crippen molar-refractivity contribution in [3.8, 4) is 0 Å². The molecule has 132 valence electrons. The summed E-state index contributed by atoms with van der Waals surface area (Å²) in [5, 5.41) is 3.35. The van der Waals surface area contributed by atoms with Crippen LogP contribution in [0.15, 0.2) is 29.9 Å². The van der Waals surface area contributed by atoms with Crippen molar-refractivity contribution in [3.05, 3.63) is 30.7 Å². The van der Waals surface area contributed by atoms with Crippen LogP contribution in [0.1, 0.15) is 25.7 Å². The van der Waals surface area contributed by atoms with Gasteiger partial charge in [0.2, 0.25) is 0 Å². The summed E-state index contributed by atoms with van der Waals surface area (Å²) in [6.07, 6.45) is 6.72. The zero-order chi connectivity index (χ0) is 17.3. The number of piperazine rings is 1. The molecular formula is C15H24N6O2S. The molecule has 2 aromatic rings. The minimum absolute atomic E-state index is 0.101. The van der Waals surface area contributed by atoms with E-state index in [-0.39, 0.29) is 11.1 Å². The van der Waals surface area contributed by atoms with Crippen molar-refractivity contribution in [3.63, 3.8) is 0 Å². The molecular weight excluding hydrogens is 328 g/mol. The highest BCUT2D eigenvalue weighted by molar-refractivity contribution is 7.89. The number of aryl methyl sites for hydroxylation is 1. The second kappa shape index (κ2) is 6.66. The lowest BCUT2D eigenvalue weighted by molar-refractivity contribution is 0.257. The molecule has 0 radical (unpaired) electrons. The first-order valence-electron chi connectivity index (χ1n) is 8.11.